The zero-order valence-electron chi connectivity index (χ0n) is 9.23. The van der Waals surface area contributed by atoms with E-state index in [0.717, 1.165) is 28.0 Å². The highest BCUT2D eigenvalue weighted by molar-refractivity contribution is 7.99. The monoisotopic (exact) mass is 286 g/mol. The molecule has 0 saturated heterocycles. The van der Waals surface area contributed by atoms with Gasteiger partial charge in [-0.2, -0.15) is 0 Å². The van der Waals surface area contributed by atoms with E-state index in [1.165, 1.54) is 4.88 Å². The summed E-state index contributed by atoms with van der Waals surface area (Å²) in [5.74, 6) is 0. The van der Waals surface area contributed by atoms with E-state index in [2.05, 4.69) is 9.97 Å². The Bertz CT molecular complexity index is 580. The van der Waals surface area contributed by atoms with Crippen molar-refractivity contribution in [3.63, 3.8) is 0 Å². The average Bonchev–Trinajstić information content (AvgIpc) is 3.05. The first-order chi connectivity index (χ1) is 8.20. The summed E-state index contributed by atoms with van der Waals surface area (Å²) < 4.78 is 1.05. The van der Waals surface area contributed by atoms with Crippen LogP contribution in [-0.2, 0) is 5.41 Å². The number of hydrogen-bond acceptors (Lipinski definition) is 5. The minimum absolute atomic E-state index is 0.0177. The van der Waals surface area contributed by atoms with Gasteiger partial charge in [0.2, 0.25) is 5.28 Å². The van der Waals surface area contributed by atoms with Crippen LogP contribution in [-0.4, -0.2) is 27.9 Å². The molecule has 1 saturated carbocycles. The Morgan fingerprint density at radius 2 is 2.35 bits per heavy atom. The predicted molar refractivity (Wildman–Crippen MR) is 72.2 cm³/mol. The molecule has 0 unspecified atom stereocenters. The maximum absolute atomic E-state index is 9.54. The Kier molecular flexibility index (Phi) is 2.82. The van der Waals surface area contributed by atoms with Crippen molar-refractivity contribution in [3.8, 4) is 0 Å². The third-order valence-corrected chi connectivity index (χ3v) is 5.68. The molecule has 0 radical (unpaired) electrons. The van der Waals surface area contributed by atoms with Gasteiger partial charge in [0, 0.05) is 21.4 Å². The van der Waals surface area contributed by atoms with Crippen LogP contribution in [0.2, 0.25) is 5.28 Å². The maximum Gasteiger partial charge on any atom is 0.222 e. The molecule has 2 aromatic heterocycles. The molecule has 1 fully saturated rings. The number of fused-ring (bicyclic) bond motifs is 1. The third kappa shape index (κ3) is 1.76. The van der Waals surface area contributed by atoms with Crippen LogP contribution >= 0.6 is 34.7 Å². The molecule has 0 atom stereocenters. The number of aliphatic hydroxyl groups excluding tert-OH is 1. The SMILES string of the molecule is CSc1c(C2(CO)CC2)sc2cnc(Cl)nc12. The summed E-state index contributed by atoms with van der Waals surface area (Å²) in [7, 11) is 0. The van der Waals surface area contributed by atoms with E-state index >= 15 is 0 Å². The van der Waals surface area contributed by atoms with Gasteiger partial charge in [0.15, 0.2) is 0 Å². The number of hydrogen-bond donors (Lipinski definition) is 1. The van der Waals surface area contributed by atoms with Gasteiger partial charge in [-0.1, -0.05) is 0 Å². The third-order valence-electron chi connectivity index (χ3n) is 3.20. The Morgan fingerprint density at radius 1 is 1.59 bits per heavy atom. The molecule has 6 heteroatoms. The van der Waals surface area contributed by atoms with Crippen molar-refractivity contribution >= 4 is 44.9 Å². The second-order valence-corrected chi connectivity index (χ2v) is 6.46. The highest BCUT2D eigenvalue weighted by atomic mass is 35.5. The summed E-state index contributed by atoms with van der Waals surface area (Å²) in [6.07, 6.45) is 5.93. The molecule has 0 aliphatic heterocycles. The molecule has 1 N–H and O–H groups in total. The molecule has 3 rings (SSSR count). The van der Waals surface area contributed by atoms with Crippen LogP contribution in [0.3, 0.4) is 0 Å². The minimum Gasteiger partial charge on any atom is -0.395 e. The molecule has 1 aliphatic rings. The lowest BCUT2D eigenvalue weighted by Crippen LogP contribution is -2.10. The molecule has 0 spiro atoms. The normalized spacial score (nSPS) is 17.6. The van der Waals surface area contributed by atoms with Crippen molar-refractivity contribution < 1.29 is 5.11 Å². The van der Waals surface area contributed by atoms with Gasteiger partial charge in [-0.3, -0.25) is 0 Å². The largest absolute Gasteiger partial charge is 0.395 e. The van der Waals surface area contributed by atoms with Crippen LogP contribution in [0.1, 0.15) is 17.7 Å². The van der Waals surface area contributed by atoms with E-state index in [4.69, 9.17) is 11.6 Å². The van der Waals surface area contributed by atoms with Gasteiger partial charge < -0.3 is 5.11 Å². The molecule has 3 nitrogen and oxygen atoms in total. The zero-order valence-corrected chi connectivity index (χ0v) is 11.6. The number of rotatable bonds is 3. The minimum atomic E-state index is -0.0177. The highest BCUT2D eigenvalue weighted by Gasteiger charge is 2.47. The number of thiophene rings is 1. The van der Waals surface area contributed by atoms with Gasteiger partial charge in [0.05, 0.1) is 16.8 Å². The summed E-state index contributed by atoms with van der Waals surface area (Å²) in [4.78, 5) is 10.7. The van der Waals surface area contributed by atoms with Crippen molar-refractivity contribution in [2.24, 2.45) is 0 Å². The van der Waals surface area contributed by atoms with E-state index < -0.39 is 0 Å². The lowest BCUT2D eigenvalue weighted by molar-refractivity contribution is 0.255. The summed E-state index contributed by atoms with van der Waals surface area (Å²) in [6, 6.07) is 0. The van der Waals surface area contributed by atoms with Crippen LogP contribution in [0.25, 0.3) is 10.2 Å². The Morgan fingerprint density at radius 3 is 2.94 bits per heavy atom. The van der Waals surface area contributed by atoms with E-state index in [1.54, 1.807) is 29.3 Å². The Hall–Kier alpha value is -0.360. The van der Waals surface area contributed by atoms with E-state index in [0.29, 0.717) is 0 Å². The quantitative estimate of drug-likeness (QED) is 0.696. The molecular weight excluding hydrogens is 276 g/mol. The van der Waals surface area contributed by atoms with Gasteiger partial charge in [-0.05, 0) is 30.7 Å². The van der Waals surface area contributed by atoms with Gasteiger partial charge in [-0.15, -0.1) is 23.1 Å². The lowest BCUT2D eigenvalue weighted by Gasteiger charge is -2.10. The molecule has 90 valence electrons. The predicted octanol–water partition coefficient (Wildman–Crippen LogP) is 3.09. The van der Waals surface area contributed by atoms with E-state index in [-0.39, 0.29) is 17.3 Å². The molecule has 0 aromatic carbocycles. The highest BCUT2D eigenvalue weighted by Crippen LogP contribution is 2.54. The number of aliphatic hydroxyl groups is 1. The van der Waals surface area contributed by atoms with Gasteiger partial charge >= 0.3 is 0 Å². The van der Waals surface area contributed by atoms with Gasteiger partial charge in [-0.25, -0.2) is 9.97 Å². The van der Waals surface area contributed by atoms with Crippen LogP contribution in [0.4, 0.5) is 0 Å². The molecular formula is C11H11ClN2OS2. The van der Waals surface area contributed by atoms with Crippen LogP contribution in [0.5, 0.6) is 0 Å². The smallest absolute Gasteiger partial charge is 0.222 e. The Labute approximate surface area is 112 Å². The Balaban J connectivity index is 2.25. The zero-order chi connectivity index (χ0) is 12.0. The summed E-state index contributed by atoms with van der Waals surface area (Å²) in [5.41, 5.74) is 0.910. The van der Waals surface area contributed by atoms with Crippen LogP contribution in [0.15, 0.2) is 11.1 Å². The van der Waals surface area contributed by atoms with Crippen molar-refractivity contribution in [1.29, 1.82) is 0 Å². The van der Waals surface area contributed by atoms with Crippen molar-refractivity contribution in [2.75, 3.05) is 12.9 Å². The van der Waals surface area contributed by atoms with E-state index in [1.807, 2.05) is 6.26 Å². The topological polar surface area (TPSA) is 46.0 Å². The first kappa shape index (κ1) is 11.7. The van der Waals surface area contributed by atoms with Crippen molar-refractivity contribution in [3.05, 3.63) is 16.4 Å². The fraction of sp³-hybridized carbons (Fsp3) is 0.455. The lowest BCUT2D eigenvalue weighted by atomic mass is 10.1. The summed E-state index contributed by atoms with van der Waals surface area (Å²) in [6.45, 7) is 0.217. The summed E-state index contributed by atoms with van der Waals surface area (Å²) in [5, 5.41) is 9.83. The van der Waals surface area contributed by atoms with Crippen molar-refractivity contribution in [2.45, 2.75) is 23.2 Å². The van der Waals surface area contributed by atoms with Crippen molar-refractivity contribution in [1.82, 2.24) is 9.97 Å². The van der Waals surface area contributed by atoms with E-state index in [9.17, 15) is 5.11 Å². The number of halogens is 1. The average molecular weight is 287 g/mol. The molecule has 1 aliphatic carbocycles. The molecule has 0 bridgehead atoms. The number of nitrogens with zero attached hydrogens (tertiary/aromatic N) is 2. The first-order valence-corrected chi connectivity index (χ1v) is 7.72. The molecule has 17 heavy (non-hydrogen) atoms. The summed E-state index contributed by atoms with van der Waals surface area (Å²) >= 11 is 9.20. The molecule has 2 aromatic rings. The van der Waals surface area contributed by atoms with Crippen LogP contribution in [0, 0.1) is 0 Å². The van der Waals surface area contributed by atoms with Gasteiger partial charge in [0.1, 0.15) is 0 Å². The second kappa shape index (κ2) is 4.09. The molecule has 2 heterocycles. The first-order valence-electron chi connectivity index (χ1n) is 5.30. The maximum atomic E-state index is 9.54. The number of thioether (sulfide) groups is 1. The number of aromatic nitrogens is 2. The van der Waals surface area contributed by atoms with Gasteiger partial charge in [0.25, 0.3) is 0 Å². The fourth-order valence-corrected chi connectivity index (χ4v) is 4.56. The fourth-order valence-electron chi connectivity index (χ4n) is 2.00. The molecule has 0 amide bonds. The standard InChI is InChI=1S/C11H11ClN2OS2/c1-16-8-7-6(4-13-10(12)14-7)17-9(8)11(5-15)2-3-11/h4,15H,2-3,5H2,1H3. The second-order valence-electron chi connectivity index (χ2n) is 4.25. The van der Waals surface area contributed by atoms with Crippen LogP contribution < -0.4 is 0 Å².